The van der Waals surface area contributed by atoms with Gasteiger partial charge >= 0.3 is 6.18 Å². The van der Waals surface area contributed by atoms with E-state index in [1.165, 1.54) is 6.07 Å². The molecule has 10 heteroatoms. The van der Waals surface area contributed by atoms with Gasteiger partial charge in [-0.05, 0) is 30.7 Å². The summed E-state index contributed by atoms with van der Waals surface area (Å²) in [6, 6.07) is 6.57. The van der Waals surface area contributed by atoms with Gasteiger partial charge in [0.15, 0.2) is 5.65 Å². The van der Waals surface area contributed by atoms with E-state index >= 15 is 0 Å². The van der Waals surface area contributed by atoms with Gasteiger partial charge in [-0.2, -0.15) is 17.7 Å². The van der Waals surface area contributed by atoms with Gasteiger partial charge in [-0.1, -0.05) is 0 Å². The Morgan fingerprint density at radius 2 is 2.08 bits per heavy atom. The third kappa shape index (κ3) is 3.82. The van der Waals surface area contributed by atoms with Crippen molar-refractivity contribution in [2.45, 2.75) is 19.2 Å². The van der Waals surface area contributed by atoms with E-state index in [1.54, 1.807) is 18.4 Å². The molecule has 0 saturated heterocycles. The van der Waals surface area contributed by atoms with Crippen molar-refractivity contribution in [2.24, 2.45) is 0 Å². The maximum absolute atomic E-state index is 12.8. The number of hydrogen-bond acceptors (Lipinski definition) is 6. The maximum Gasteiger partial charge on any atom is 0.453 e. The monoisotopic (exact) mass is 341 g/mol. The zero-order valence-electron chi connectivity index (χ0n) is 12.5. The Hall–Kier alpha value is -2.62. The Bertz CT molecular complexity index is 785. The number of nitrogens with zero attached hydrogens (tertiary/aromatic N) is 4. The van der Waals surface area contributed by atoms with Gasteiger partial charge in [-0.15, -0.1) is 15.3 Å². The highest BCUT2D eigenvalue weighted by Gasteiger charge is 2.37. The van der Waals surface area contributed by atoms with E-state index in [4.69, 9.17) is 9.15 Å². The van der Waals surface area contributed by atoms with Crippen LogP contribution in [0.25, 0.3) is 5.65 Å². The van der Waals surface area contributed by atoms with Crippen molar-refractivity contribution in [3.8, 4) is 0 Å². The summed E-state index contributed by atoms with van der Waals surface area (Å²) < 4.78 is 49.6. The molecule has 0 aliphatic carbocycles. The van der Waals surface area contributed by atoms with Gasteiger partial charge in [0.2, 0.25) is 0 Å². The lowest BCUT2D eigenvalue weighted by atomic mass is 10.4. The fourth-order valence-corrected chi connectivity index (χ4v) is 2.02. The first-order chi connectivity index (χ1) is 11.5. The third-order valence-electron chi connectivity index (χ3n) is 3.11. The molecular weight excluding hydrogens is 327 g/mol. The molecule has 0 aromatic carbocycles. The molecule has 0 radical (unpaired) electrons. The number of anilines is 1. The van der Waals surface area contributed by atoms with Crippen molar-refractivity contribution in [1.29, 1.82) is 0 Å². The predicted molar refractivity (Wildman–Crippen MR) is 77.3 cm³/mol. The normalized spacial score (nSPS) is 12.0. The van der Waals surface area contributed by atoms with Crippen molar-refractivity contribution in [2.75, 3.05) is 18.5 Å². The van der Waals surface area contributed by atoms with E-state index in [-0.39, 0.29) is 5.65 Å². The molecule has 0 bridgehead atoms. The minimum Gasteiger partial charge on any atom is -0.467 e. The zero-order valence-corrected chi connectivity index (χ0v) is 12.5. The Kier molecular flexibility index (Phi) is 4.65. The molecule has 3 rings (SSSR count). The van der Waals surface area contributed by atoms with Crippen LogP contribution < -0.4 is 5.32 Å². The summed E-state index contributed by atoms with van der Waals surface area (Å²) in [7, 11) is 0. The van der Waals surface area contributed by atoms with Crippen LogP contribution in [0.15, 0.2) is 34.9 Å². The highest BCUT2D eigenvalue weighted by molar-refractivity contribution is 5.44. The van der Waals surface area contributed by atoms with E-state index in [1.807, 2.05) is 6.07 Å². The molecule has 0 amide bonds. The summed E-state index contributed by atoms with van der Waals surface area (Å²) in [5.41, 5.74) is 0.0367. The van der Waals surface area contributed by atoms with Crippen molar-refractivity contribution in [3.63, 3.8) is 0 Å². The lowest BCUT2D eigenvalue weighted by Crippen LogP contribution is -2.14. The number of halogens is 3. The quantitative estimate of drug-likeness (QED) is 0.666. The number of fused-ring (bicyclic) bond motifs is 1. The van der Waals surface area contributed by atoms with E-state index in [0.29, 0.717) is 36.5 Å². The average Bonchev–Trinajstić information content (AvgIpc) is 3.18. The lowest BCUT2D eigenvalue weighted by molar-refractivity contribution is -0.146. The number of furan rings is 1. The van der Waals surface area contributed by atoms with Crippen molar-refractivity contribution >= 4 is 11.5 Å². The van der Waals surface area contributed by atoms with Crippen LogP contribution in [-0.4, -0.2) is 33.0 Å². The van der Waals surface area contributed by atoms with E-state index in [9.17, 15) is 13.2 Å². The minimum atomic E-state index is -4.61. The number of nitrogens with one attached hydrogen (secondary N) is 1. The average molecular weight is 341 g/mol. The van der Waals surface area contributed by atoms with Crippen molar-refractivity contribution < 1.29 is 22.3 Å². The van der Waals surface area contributed by atoms with Gasteiger partial charge in [0, 0.05) is 13.2 Å². The molecule has 3 heterocycles. The van der Waals surface area contributed by atoms with Gasteiger partial charge in [0.05, 0.1) is 6.26 Å². The van der Waals surface area contributed by atoms with Crippen LogP contribution >= 0.6 is 0 Å². The second kappa shape index (κ2) is 6.87. The molecule has 24 heavy (non-hydrogen) atoms. The molecule has 0 spiro atoms. The van der Waals surface area contributed by atoms with Crippen molar-refractivity contribution in [1.82, 2.24) is 19.8 Å². The lowest BCUT2D eigenvalue weighted by Gasteiger charge is -2.07. The molecule has 0 aliphatic heterocycles. The summed E-state index contributed by atoms with van der Waals surface area (Å²) in [5, 5.41) is 13.4. The number of ether oxygens (including phenoxy) is 1. The summed E-state index contributed by atoms with van der Waals surface area (Å²) in [4.78, 5) is 0. The summed E-state index contributed by atoms with van der Waals surface area (Å²) in [6.45, 7) is 1.36. The van der Waals surface area contributed by atoms with Crippen LogP contribution in [0, 0.1) is 0 Å². The van der Waals surface area contributed by atoms with Crippen LogP contribution in [0.2, 0.25) is 0 Å². The van der Waals surface area contributed by atoms with E-state index < -0.39 is 12.0 Å². The number of rotatable bonds is 7. The molecule has 7 nitrogen and oxygen atoms in total. The smallest absolute Gasteiger partial charge is 0.453 e. The van der Waals surface area contributed by atoms with Gasteiger partial charge < -0.3 is 14.5 Å². The van der Waals surface area contributed by atoms with E-state index in [2.05, 4.69) is 20.6 Å². The van der Waals surface area contributed by atoms with Crippen LogP contribution in [0.3, 0.4) is 0 Å². The minimum absolute atomic E-state index is 0.0367. The standard InChI is InChI=1S/C14H14F3N5O2/c15-14(16,17)13-20-19-12-5-4-11(21-22(12)13)18-6-2-7-23-9-10-3-1-8-24-10/h1,3-5,8H,2,6-7,9H2,(H,18,21). The molecule has 0 aliphatic rings. The molecule has 0 fully saturated rings. The third-order valence-corrected chi connectivity index (χ3v) is 3.11. The molecular formula is C14H14F3N5O2. The van der Waals surface area contributed by atoms with Crippen LogP contribution in [0.4, 0.5) is 19.0 Å². The van der Waals surface area contributed by atoms with E-state index in [0.717, 1.165) is 5.76 Å². The molecule has 1 N–H and O–H groups in total. The van der Waals surface area contributed by atoms with Crippen LogP contribution in [-0.2, 0) is 17.5 Å². The fraction of sp³-hybridized carbons (Fsp3) is 0.357. The second-order valence-corrected chi connectivity index (χ2v) is 4.92. The Labute approximate surface area is 134 Å². The Balaban J connectivity index is 1.50. The molecule has 0 atom stereocenters. The highest BCUT2D eigenvalue weighted by atomic mass is 19.4. The van der Waals surface area contributed by atoms with Crippen molar-refractivity contribution in [3.05, 3.63) is 42.1 Å². The molecule has 0 saturated carbocycles. The summed E-state index contributed by atoms with van der Waals surface area (Å²) in [6.07, 6.45) is -2.37. The largest absolute Gasteiger partial charge is 0.467 e. The first kappa shape index (κ1) is 16.2. The summed E-state index contributed by atoms with van der Waals surface area (Å²) >= 11 is 0. The second-order valence-electron chi connectivity index (χ2n) is 4.92. The molecule has 3 aromatic heterocycles. The highest BCUT2D eigenvalue weighted by Crippen LogP contribution is 2.27. The van der Waals surface area contributed by atoms with Gasteiger partial charge in [-0.3, -0.25) is 0 Å². The first-order valence-electron chi connectivity index (χ1n) is 7.18. The first-order valence-corrected chi connectivity index (χ1v) is 7.18. The topological polar surface area (TPSA) is 77.5 Å². The zero-order chi connectivity index (χ0) is 17.0. The number of alkyl halides is 3. The maximum atomic E-state index is 12.8. The molecule has 128 valence electrons. The fourth-order valence-electron chi connectivity index (χ4n) is 2.02. The number of hydrogen-bond donors (Lipinski definition) is 1. The molecule has 0 unspecified atom stereocenters. The Morgan fingerprint density at radius 1 is 1.21 bits per heavy atom. The van der Waals surface area contributed by atoms with Crippen LogP contribution in [0.1, 0.15) is 18.0 Å². The van der Waals surface area contributed by atoms with Gasteiger partial charge in [0.25, 0.3) is 5.82 Å². The predicted octanol–water partition coefficient (Wildman–Crippen LogP) is 2.75. The SMILES string of the molecule is FC(F)(F)c1nnc2ccc(NCCCOCc3ccco3)nn12. The molecule has 3 aromatic rings. The van der Waals surface area contributed by atoms with Gasteiger partial charge in [0.1, 0.15) is 18.2 Å². The summed E-state index contributed by atoms with van der Waals surface area (Å²) in [5.74, 6) is -0.107. The Morgan fingerprint density at radius 3 is 2.83 bits per heavy atom. The van der Waals surface area contributed by atoms with Crippen LogP contribution in [0.5, 0.6) is 0 Å². The van der Waals surface area contributed by atoms with Gasteiger partial charge in [-0.25, -0.2) is 0 Å². The number of aromatic nitrogens is 4.